The Labute approximate surface area is 201 Å². The van der Waals surface area contributed by atoms with E-state index >= 15 is 0 Å². The Morgan fingerprint density at radius 1 is 1.09 bits per heavy atom. The molecule has 4 rings (SSSR count). The van der Waals surface area contributed by atoms with E-state index in [0.29, 0.717) is 27.8 Å². The van der Waals surface area contributed by atoms with Crippen LogP contribution in [0.2, 0.25) is 0 Å². The second-order valence-corrected chi connectivity index (χ2v) is 9.11. The lowest BCUT2D eigenvalue weighted by Crippen LogP contribution is -2.48. The summed E-state index contributed by atoms with van der Waals surface area (Å²) in [5, 5.41) is 6.12. The predicted molar refractivity (Wildman–Crippen MR) is 132 cm³/mol. The van der Waals surface area contributed by atoms with Crippen molar-refractivity contribution in [1.82, 2.24) is 25.1 Å². The fourth-order valence-corrected chi connectivity index (χ4v) is 4.61. The quantitative estimate of drug-likeness (QED) is 0.499. The monoisotopic (exact) mass is 485 g/mol. The zero-order valence-corrected chi connectivity index (χ0v) is 20.1. The molecule has 0 saturated carbocycles. The molecule has 3 heterocycles. The first-order valence-electron chi connectivity index (χ1n) is 11.2. The third-order valence-corrected chi connectivity index (χ3v) is 6.65. The number of pyridine rings is 1. The lowest BCUT2D eigenvalue weighted by atomic mass is 10.3. The van der Waals surface area contributed by atoms with E-state index in [1.165, 1.54) is 23.5 Å². The van der Waals surface area contributed by atoms with Crippen LogP contribution in [0.25, 0.3) is 10.3 Å². The van der Waals surface area contributed by atoms with Gasteiger partial charge >= 0.3 is 6.03 Å². The Morgan fingerprint density at radius 3 is 2.53 bits per heavy atom. The molecule has 1 aliphatic rings. The molecule has 1 saturated heterocycles. The number of fused-ring (bicyclic) bond motifs is 1. The summed E-state index contributed by atoms with van der Waals surface area (Å²) in [5.74, 6) is 0.534. The summed E-state index contributed by atoms with van der Waals surface area (Å²) in [6.45, 7) is 6.28. The maximum Gasteiger partial charge on any atom is 0.321 e. The predicted octanol–water partition coefficient (Wildman–Crippen LogP) is 3.27. The van der Waals surface area contributed by atoms with Gasteiger partial charge in [0.25, 0.3) is 0 Å². The van der Waals surface area contributed by atoms with Gasteiger partial charge in [-0.25, -0.2) is 19.2 Å². The number of hydrogen-bond acceptors (Lipinski definition) is 7. The summed E-state index contributed by atoms with van der Waals surface area (Å²) in [6, 6.07) is 9.59. The Kier molecular flexibility index (Phi) is 7.53. The maximum absolute atomic E-state index is 13.2. The first-order valence-corrected chi connectivity index (χ1v) is 12.0. The average molecular weight is 486 g/mol. The Hall–Kier alpha value is -3.31. The van der Waals surface area contributed by atoms with Gasteiger partial charge in [-0.05, 0) is 49.4 Å². The molecular weight excluding hydrogens is 457 g/mol. The number of halogens is 1. The van der Waals surface area contributed by atoms with Crippen molar-refractivity contribution >= 4 is 50.3 Å². The van der Waals surface area contributed by atoms with Crippen LogP contribution in [0.15, 0.2) is 36.4 Å². The third kappa shape index (κ3) is 5.97. The molecule has 0 spiro atoms. The van der Waals surface area contributed by atoms with Crippen molar-refractivity contribution in [2.75, 3.05) is 56.5 Å². The number of hydrogen-bond donors (Lipinski definition) is 2. The number of thiazole rings is 1. The molecule has 2 N–H and O–H groups in total. The van der Waals surface area contributed by atoms with E-state index in [1.54, 1.807) is 19.1 Å². The van der Waals surface area contributed by atoms with Gasteiger partial charge in [-0.2, -0.15) is 0 Å². The third-order valence-electron chi connectivity index (χ3n) is 5.77. The molecule has 180 valence electrons. The molecular formula is C23H28FN7O2S. The largest absolute Gasteiger partial charge is 0.340 e. The molecule has 0 aliphatic carbocycles. The molecule has 11 heteroatoms. The maximum atomic E-state index is 13.2. The topological polar surface area (TPSA) is 93.7 Å². The molecule has 1 aliphatic heterocycles. The average Bonchev–Trinajstić information content (AvgIpc) is 3.23. The molecule has 3 aromatic rings. The minimum absolute atomic E-state index is 0.124. The van der Waals surface area contributed by atoms with Gasteiger partial charge in [0, 0.05) is 52.4 Å². The molecule has 0 radical (unpaired) electrons. The number of piperazine rings is 1. The summed E-state index contributed by atoms with van der Waals surface area (Å²) < 4.78 is 13.2. The Morgan fingerprint density at radius 2 is 1.82 bits per heavy atom. The van der Waals surface area contributed by atoms with Crippen LogP contribution >= 0.6 is 11.3 Å². The second-order valence-electron chi connectivity index (χ2n) is 8.13. The van der Waals surface area contributed by atoms with Crippen molar-refractivity contribution in [1.29, 1.82) is 0 Å². The van der Waals surface area contributed by atoms with Crippen LogP contribution in [0.5, 0.6) is 0 Å². The van der Waals surface area contributed by atoms with E-state index in [0.717, 1.165) is 44.8 Å². The van der Waals surface area contributed by atoms with Crippen LogP contribution in [0.3, 0.4) is 0 Å². The number of nitrogens with zero attached hydrogens (tertiary/aromatic N) is 5. The highest BCUT2D eigenvalue weighted by atomic mass is 32.1. The van der Waals surface area contributed by atoms with E-state index in [2.05, 4.69) is 25.5 Å². The van der Waals surface area contributed by atoms with Crippen molar-refractivity contribution in [3.8, 4) is 0 Å². The molecule has 1 aromatic carbocycles. The molecule has 34 heavy (non-hydrogen) atoms. The van der Waals surface area contributed by atoms with Gasteiger partial charge in [-0.15, -0.1) is 0 Å². The van der Waals surface area contributed by atoms with E-state index in [1.807, 2.05) is 29.0 Å². The van der Waals surface area contributed by atoms with E-state index in [4.69, 9.17) is 0 Å². The lowest BCUT2D eigenvalue weighted by Gasteiger charge is -2.34. The number of anilines is 3. The molecule has 1 fully saturated rings. The highest BCUT2D eigenvalue weighted by molar-refractivity contribution is 7.22. The van der Waals surface area contributed by atoms with Gasteiger partial charge in [-0.1, -0.05) is 11.3 Å². The van der Waals surface area contributed by atoms with Gasteiger partial charge in [-0.3, -0.25) is 15.0 Å². The number of rotatable bonds is 7. The minimum Gasteiger partial charge on any atom is -0.340 e. The summed E-state index contributed by atoms with van der Waals surface area (Å²) in [5.41, 5.74) is 1.51. The van der Waals surface area contributed by atoms with Crippen LogP contribution in [-0.2, 0) is 4.79 Å². The zero-order valence-electron chi connectivity index (χ0n) is 19.3. The summed E-state index contributed by atoms with van der Waals surface area (Å²) in [6.07, 6.45) is 0.827. The number of carbonyl (C=O) groups is 2. The Balaban J connectivity index is 1.25. The first kappa shape index (κ1) is 23.8. The molecule has 0 atom stereocenters. The van der Waals surface area contributed by atoms with Crippen molar-refractivity contribution in [3.05, 3.63) is 42.2 Å². The van der Waals surface area contributed by atoms with E-state index in [-0.39, 0.29) is 17.8 Å². The highest BCUT2D eigenvalue weighted by Gasteiger charge is 2.18. The van der Waals surface area contributed by atoms with Gasteiger partial charge in [0.1, 0.15) is 22.0 Å². The molecule has 0 unspecified atom stereocenters. The van der Waals surface area contributed by atoms with E-state index < -0.39 is 0 Å². The van der Waals surface area contributed by atoms with Crippen LogP contribution in [-0.4, -0.2) is 78.0 Å². The molecule has 9 nitrogen and oxygen atoms in total. The molecule has 2 aromatic heterocycles. The first-order chi connectivity index (χ1) is 16.4. The van der Waals surface area contributed by atoms with Crippen molar-refractivity contribution < 1.29 is 14.0 Å². The van der Waals surface area contributed by atoms with Crippen molar-refractivity contribution in [3.63, 3.8) is 0 Å². The fraction of sp³-hybridized carbons (Fsp3) is 0.391. The number of benzene rings is 1. The van der Waals surface area contributed by atoms with Gasteiger partial charge < -0.3 is 15.1 Å². The number of amides is 3. The summed E-state index contributed by atoms with van der Waals surface area (Å²) >= 11 is 1.30. The lowest BCUT2D eigenvalue weighted by molar-refractivity contribution is -0.130. The number of aromatic nitrogens is 2. The van der Waals surface area contributed by atoms with Crippen molar-refractivity contribution in [2.45, 2.75) is 13.3 Å². The molecule has 0 bridgehead atoms. The highest BCUT2D eigenvalue weighted by Crippen LogP contribution is 2.29. The normalized spacial score (nSPS) is 14.3. The fourth-order valence-electron chi connectivity index (χ4n) is 3.78. The number of nitrogens with one attached hydrogen (secondary N) is 2. The van der Waals surface area contributed by atoms with Crippen LogP contribution in [0.4, 0.5) is 25.8 Å². The van der Waals surface area contributed by atoms with Crippen LogP contribution in [0.1, 0.15) is 13.3 Å². The summed E-state index contributed by atoms with van der Waals surface area (Å²) in [4.78, 5) is 39.5. The zero-order chi connectivity index (χ0) is 24.1. The SMILES string of the molecule is CC(=O)N1CCN(CCCNC(=O)Nc2nc3ccc(N(C)c4ccc(F)cc4)nc3s2)CC1. The van der Waals surface area contributed by atoms with Crippen LogP contribution in [0, 0.1) is 5.82 Å². The van der Waals surface area contributed by atoms with Gasteiger partial charge in [0.05, 0.1) is 0 Å². The Bertz CT molecular complexity index is 1150. The second kappa shape index (κ2) is 10.7. The van der Waals surface area contributed by atoms with E-state index in [9.17, 15) is 14.0 Å². The van der Waals surface area contributed by atoms with Crippen LogP contribution < -0.4 is 15.5 Å². The van der Waals surface area contributed by atoms with Gasteiger partial charge in [0.15, 0.2) is 5.13 Å². The standard InChI is InChI=1S/C23H28FN7O2S/c1-16(32)31-14-12-30(13-15-31)11-3-10-25-22(33)28-23-26-19-8-9-20(27-21(19)34-23)29(2)18-6-4-17(24)5-7-18/h4-9H,3,10-15H2,1-2H3,(H2,25,26,28,33). The summed E-state index contributed by atoms with van der Waals surface area (Å²) in [7, 11) is 1.86. The minimum atomic E-state index is -0.302. The number of urea groups is 1. The number of carbonyl (C=O) groups excluding carboxylic acids is 2. The van der Waals surface area contributed by atoms with Crippen molar-refractivity contribution in [2.24, 2.45) is 0 Å². The van der Waals surface area contributed by atoms with Gasteiger partial charge in [0.2, 0.25) is 5.91 Å². The molecule has 3 amide bonds. The smallest absolute Gasteiger partial charge is 0.321 e.